The third-order valence-electron chi connectivity index (χ3n) is 3.27. The standard InChI is InChI=1S/C16H13N3O2/c1-11-15(17-13-7-5-12(10-20)6-8-13)18-14-4-2-3-9-19(14)16(11)21/h2-10,17H,1H3. The van der Waals surface area contributed by atoms with Gasteiger partial charge in [-0.1, -0.05) is 6.07 Å². The van der Waals surface area contributed by atoms with Crippen LogP contribution in [0.5, 0.6) is 0 Å². The molecule has 0 aliphatic carbocycles. The minimum absolute atomic E-state index is 0.104. The van der Waals surface area contributed by atoms with E-state index in [4.69, 9.17) is 0 Å². The maximum absolute atomic E-state index is 12.3. The van der Waals surface area contributed by atoms with Crippen LogP contribution in [0.3, 0.4) is 0 Å². The number of benzene rings is 1. The molecule has 5 nitrogen and oxygen atoms in total. The summed E-state index contributed by atoms with van der Waals surface area (Å²) in [5.74, 6) is 0.519. The molecular formula is C16H13N3O2. The van der Waals surface area contributed by atoms with Crippen LogP contribution < -0.4 is 10.9 Å². The lowest BCUT2D eigenvalue weighted by molar-refractivity contribution is 0.112. The molecule has 2 heterocycles. The first-order chi connectivity index (χ1) is 10.2. The van der Waals surface area contributed by atoms with Crippen LogP contribution in [0.25, 0.3) is 5.65 Å². The monoisotopic (exact) mass is 279 g/mol. The number of aldehydes is 1. The van der Waals surface area contributed by atoms with Crippen LogP contribution in [-0.4, -0.2) is 15.7 Å². The van der Waals surface area contributed by atoms with Crippen LogP contribution in [-0.2, 0) is 0 Å². The van der Waals surface area contributed by atoms with Crippen molar-refractivity contribution < 1.29 is 4.79 Å². The topological polar surface area (TPSA) is 63.5 Å². The zero-order valence-corrected chi connectivity index (χ0v) is 11.4. The summed E-state index contributed by atoms with van der Waals surface area (Å²) in [5, 5.41) is 3.12. The first kappa shape index (κ1) is 13.1. The highest BCUT2D eigenvalue weighted by molar-refractivity contribution is 5.76. The van der Waals surface area contributed by atoms with Gasteiger partial charge < -0.3 is 5.32 Å². The van der Waals surface area contributed by atoms with E-state index in [1.807, 2.05) is 6.07 Å². The Labute approximate surface area is 120 Å². The molecule has 0 atom stereocenters. The van der Waals surface area contributed by atoms with Gasteiger partial charge in [-0.3, -0.25) is 14.0 Å². The Morgan fingerprint density at radius 3 is 2.62 bits per heavy atom. The summed E-state index contributed by atoms with van der Waals surface area (Å²) in [6.07, 6.45) is 2.48. The van der Waals surface area contributed by atoms with Gasteiger partial charge in [0.05, 0.1) is 5.56 Å². The molecule has 0 aliphatic rings. The fourth-order valence-corrected chi connectivity index (χ4v) is 2.08. The van der Waals surface area contributed by atoms with Gasteiger partial charge in [-0.05, 0) is 43.3 Å². The van der Waals surface area contributed by atoms with Gasteiger partial charge in [0.2, 0.25) is 0 Å². The number of aromatic nitrogens is 2. The molecule has 3 rings (SSSR count). The zero-order valence-electron chi connectivity index (χ0n) is 11.4. The molecule has 0 spiro atoms. The summed E-state index contributed by atoms with van der Waals surface area (Å²) in [7, 11) is 0. The number of carbonyl (C=O) groups excluding carboxylic acids is 1. The van der Waals surface area contributed by atoms with Crippen molar-refractivity contribution in [2.24, 2.45) is 0 Å². The molecule has 0 fully saturated rings. The smallest absolute Gasteiger partial charge is 0.262 e. The highest BCUT2D eigenvalue weighted by Gasteiger charge is 2.08. The molecular weight excluding hydrogens is 266 g/mol. The predicted octanol–water partition coefficient (Wildman–Crippen LogP) is 2.56. The van der Waals surface area contributed by atoms with Crippen LogP contribution in [0.4, 0.5) is 11.5 Å². The highest BCUT2D eigenvalue weighted by Crippen LogP contribution is 2.17. The minimum Gasteiger partial charge on any atom is -0.340 e. The molecule has 0 aliphatic heterocycles. The summed E-state index contributed by atoms with van der Waals surface area (Å²) in [6.45, 7) is 1.73. The normalized spacial score (nSPS) is 10.5. The lowest BCUT2D eigenvalue weighted by Crippen LogP contribution is -2.19. The quantitative estimate of drug-likeness (QED) is 0.748. The van der Waals surface area contributed by atoms with Crippen molar-refractivity contribution in [2.45, 2.75) is 6.92 Å². The Kier molecular flexibility index (Phi) is 3.23. The Morgan fingerprint density at radius 2 is 1.90 bits per heavy atom. The Hall–Kier alpha value is -2.95. The summed E-state index contributed by atoms with van der Waals surface area (Å²) in [5.41, 5.74) is 2.39. The Balaban J connectivity index is 2.05. The van der Waals surface area contributed by atoms with Gasteiger partial charge in [0.25, 0.3) is 5.56 Å². The highest BCUT2D eigenvalue weighted by atomic mass is 16.1. The second kappa shape index (κ2) is 5.20. The van der Waals surface area contributed by atoms with Crippen molar-refractivity contribution in [3.8, 4) is 0 Å². The number of nitrogens with zero attached hydrogens (tertiary/aromatic N) is 2. The van der Waals surface area contributed by atoms with Gasteiger partial charge >= 0.3 is 0 Å². The molecule has 0 amide bonds. The van der Waals surface area contributed by atoms with Gasteiger partial charge in [0.15, 0.2) is 0 Å². The maximum Gasteiger partial charge on any atom is 0.262 e. The van der Waals surface area contributed by atoms with E-state index in [1.54, 1.807) is 49.5 Å². The van der Waals surface area contributed by atoms with E-state index in [-0.39, 0.29) is 5.56 Å². The number of hydrogen-bond donors (Lipinski definition) is 1. The summed E-state index contributed by atoms with van der Waals surface area (Å²) in [6, 6.07) is 12.4. The molecule has 3 aromatic rings. The first-order valence-corrected chi connectivity index (χ1v) is 6.49. The van der Waals surface area contributed by atoms with Crippen molar-refractivity contribution >= 4 is 23.4 Å². The molecule has 2 aromatic heterocycles. The minimum atomic E-state index is -0.104. The Morgan fingerprint density at radius 1 is 1.14 bits per heavy atom. The summed E-state index contributed by atoms with van der Waals surface area (Å²) < 4.78 is 1.51. The second-order valence-electron chi connectivity index (χ2n) is 4.68. The van der Waals surface area contributed by atoms with Crippen LogP contribution >= 0.6 is 0 Å². The molecule has 0 saturated heterocycles. The van der Waals surface area contributed by atoms with Crippen LogP contribution in [0, 0.1) is 6.92 Å². The van der Waals surface area contributed by atoms with Crippen molar-refractivity contribution in [1.29, 1.82) is 0 Å². The van der Waals surface area contributed by atoms with Gasteiger partial charge in [0.1, 0.15) is 17.8 Å². The SMILES string of the molecule is Cc1c(Nc2ccc(C=O)cc2)nc2ccccn2c1=O. The largest absolute Gasteiger partial charge is 0.340 e. The van der Waals surface area contributed by atoms with E-state index in [0.29, 0.717) is 22.6 Å². The van der Waals surface area contributed by atoms with Crippen LogP contribution in [0.15, 0.2) is 53.5 Å². The predicted molar refractivity (Wildman–Crippen MR) is 81.3 cm³/mol. The van der Waals surface area contributed by atoms with Gasteiger partial charge in [0, 0.05) is 17.4 Å². The molecule has 104 valence electrons. The van der Waals surface area contributed by atoms with Crippen molar-refractivity contribution in [3.05, 3.63) is 70.1 Å². The Bertz CT molecular complexity index is 867. The van der Waals surface area contributed by atoms with E-state index < -0.39 is 0 Å². The number of anilines is 2. The number of nitrogens with one attached hydrogen (secondary N) is 1. The number of pyridine rings is 1. The number of carbonyl (C=O) groups is 1. The van der Waals surface area contributed by atoms with Gasteiger partial charge in [-0.2, -0.15) is 0 Å². The third kappa shape index (κ3) is 2.41. The number of fused-ring (bicyclic) bond motifs is 1. The van der Waals surface area contributed by atoms with E-state index in [0.717, 1.165) is 12.0 Å². The van der Waals surface area contributed by atoms with E-state index >= 15 is 0 Å². The zero-order chi connectivity index (χ0) is 14.8. The average Bonchev–Trinajstić information content (AvgIpc) is 2.53. The van der Waals surface area contributed by atoms with E-state index in [2.05, 4.69) is 10.3 Å². The van der Waals surface area contributed by atoms with Gasteiger partial charge in [-0.15, -0.1) is 0 Å². The molecule has 1 N–H and O–H groups in total. The number of hydrogen-bond acceptors (Lipinski definition) is 4. The number of rotatable bonds is 3. The molecule has 0 radical (unpaired) electrons. The van der Waals surface area contributed by atoms with E-state index in [9.17, 15) is 9.59 Å². The molecule has 1 aromatic carbocycles. The molecule has 0 unspecified atom stereocenters. The van der Waals surface area contributed by atoms with Crippen LogP contribution in [0.1, 0.15) is 15.9 Å². The summed E-state index contributed by atoms with van der Waals surface area (Å²) >= 11 is 0. The third-order valence-corrected chi connectivity index (χ3v) is 3.27. The molecule has 0 bridgehead atoms. The molecule has 5 heteroatoms. The van der Waals surface area contributed by atoms with Crippen molar-refractivity contribution in [1.82, 2.24) is 9.38 Å². The lowest BCUT2D eigenvalue weighted by Gasteiger charge is -2.10. The second-order valence-corrected chi connectivity index (χ2v) is 4.68. The maximum atomic E-state index is 12.3. The first-order valence-electron chi connectivity index (χ1n) is 6.49. The van der Waals surface area contributed by atoms with Gasteiger partial charge in [-0.25, -0.2) is 4.98 Å². The van der Waals surface area contributed by atoms with Crippen molar-refractivity contribution in [3.63, 3.8) is 0 Å². The summed E-state index contributed by atoms with van der Waals surface area (Å²) in [4.78, 5) is 27.4. The van der Waals surface area contributed by atoms with E-state index in [1.165, 1.54) is 4.40 Å². The lowest BCUT2D eigenvalue weighted by atomic mass is 10.2. The van der Waals surface area contributed by atoms with Crippen LogP contribution in [0.2, 0.25) is 0 Å². The average molecular weight is 279 g/mol. The fraction of sp³-hybridized carbons (Fsp3) is 0.0625. The molecule has 0 saturated carbocycles. The molecule has 21 heavy (non-hydrogen) atoms. The van der Waals surface area contributed by atoms with Crippen molar-refractivity contribution in [2.75, 3.05) is 5.32 Å². The fourth-order valence-electron chi connectivity index (χ4n) is 2.08.